The molecule has 0 aliphatic carbocycles. The molecule has 5 nitrogen and oxygen atoms in total. The zero-order chi connectivity index (χ0) is 46.3. The lowest BCUT2D eigenvalue weighted by Gasteiger charge is -2.31. The Morgan fingerprint density at radius 2 is 1.02 bits per heavy atom. The van der Waals surface area contributed by atoms with Gasteiger partial charge < -0.3 is 14.5 Å². The summed E-state index contributed by atoms with van der Waals surface area (Å²) >= 11 is 0. The summed E-state index contributed by atoms with van der Waals surface area (Å²) in [6, 6.07) is 42.5. The molecule has 2 aromatic heterocycles. The SMILES string of the molecule is CC1=C(C)N(c2cc(Oc3cc(C(C)(C)C)c4c5ccccc5n(-c5cc(C(C)(C)C)ccn5)c4c3)cc(C(C)(C)c3ccccc3)c2)CN1c1cc(C(C)(C)C)cc(C(C)(C)C)c1. The van der Waals surface area contributed by atoms with E-state index in [2.05, 4.69) is 240 Å². The Labute approximate surface area is 383 Å². The van der Waals surface area contributed by atoms with Gasteiger partial charge in [0.25, 0.3) is 0 Å². The van der Waals surface area contributed by atoms with Crippen LogP contribution in [-0.2, 0) is 27.1 Å². The first-order chi connectivity index (χ1) is 29.8. The lowest BCUT2D eigenvalue weighted by Crippen LogP contribution is -2.28. The van der Waals surface area contributed by atoms with Crippen molar-refractivity contribution in [1.29, 1.82) is 0 Å². The third-order valence-corrected chi connectivity index (χ3v) is 13.6. The summed E-state index contributed by atoms with van der Waals surface area (Å²) in [5, 5.41) is 2.45. The van der Waals surface area contributed by atoms with E-state index < -0.39 is 0 Å². The Kier molecular flexibility index (Phi) is 11.0. The van der Waals surface area contributed by atoms with Crippen LogP contribution in [0, 0.1) is 0 Å². The molecule has 7 aromatic rings. The van der Waals surface area contributed by atoms with Crippen molar-refractivity contribution in [3.63, 3.8) is 0 Å². The Morgan fingerprint density at radius 3 is 1.61 bits per heavy atom. The minimum Gasteiger partial charge on any atom is -0.457 e. The number of pyridine rings is 1. The van der Waals surface area contributed by atoms with Crippen LogP contribution in [0.5, 0.6) is 11.5 Å². The number of ether oxygens (including phenoxy) is 1. The van der Waals surface area contributed by atoms with Crippen LogP contribution in [0.15, 0.2) is 133 Å². The number of hydrogen-bond acceptors (Lipinski definition) is 4. The quantitative estimate of drug-likeness (QED) is 0.160. The molecule has 0 amide bonds. The lowest BCUT2D eigenvalue weighted by molar-refractivity contribution is 0.477. The summed E-state index contributed by atoms with van der Waals surface area (Å²) in [5.41, 5.74) is 14.2. The van der Waals surface area contributed by atoms with Gasteiger partial charge in [-0.3, -0.25) is 4.57 Å². The molecule has 0 spiro atoms. The average molecular weight is 851 g/mol. The van der Waals surface area contributed by atoms with Crippen LogP contribution in [0.2, 0.25) is 0 Å². The highest BCUT2D eigenvalue weighted by Crippen LogP contribution is 2.45. The summed E-state index contributed by atoms with van der Waals surface area (Å²) in [6.07, 6.45) is 1.95. The summed E-state index contributed by atoms with van der Waals surface area (Å²) < 4.78 is 9.58. The van der Waals surface area contributed by atoms with Crippen LogP contribution < -0.4 is 14.5 Å². The van der Waals surface area contributed by atoms with Crippen LogP contribution in [-0.4, -0.2) is 16.2 Å². The van der Waals surface area contributed by atoms with Gasteiger partial charge in [-0.1, -0.05) is 152 Å². The molecular formula is C59H70N4O. The first-order valence-corrected chi connectivity index (χ1v) is 23.1. The van der Waals surface area contributed by atoms with Crippen LogP contribution in [0.4, 0.5) is 11.4 Å². The fraction of sp³-hybridized carbons (Fsp3) is 0.373. The zero-order valence-corrected chi connectivity index (χ0v) is 41.5. The Hall–Kier alpha value is -5.81. The molecule has 5 aromatic carbocycles. The second-order valence-corrected chi connectivity index (χ2v) is 22.9. The Balaban J connectivity index is 1.30. The molecule has 0 N–H and O–H groups in total. The van der Waals surface area contributed by atoms with E-state index in [1.165, 1.54) is 61.2 Å². The third-order valence-electron chi connectivity index (χ3n) is 13.6. The highest BCUT2D eigenvalue weighted by Gasteiger charge is 2.32. The molecule has 3 heterocycles. The van der Waals surface area contributed by atoms with E-state index in [4.69, 9.17) is 9.72 Å². The summed E-state index contributed by atoms with van der Waals surface area (Å²) in [5.74, 6) is 2.51. The fourth-order valence-electron chi connectivity index (χ4n) is 9.22. The number of hydrogen-bond donors (Lipinski definition) is 0. The molecule has 1 aliphatic rings. The summed E-state index contributed by atoms with van der Waals surface area (Å²) in [7, 11) is 0. The van der Waals surface area contributed by atoms with E-state index in [0.29, 0.717) is 6.67 Å². The number of allylic oxidation sites excluding steroid dienone is 2. The van der Waals surface area contributed by atoms with E-state index in [9.17, 15) is 0 Å². The first-order valence-electron chi connectivity index (χ1n) is 23.1. The molecule has 0 saturated heterocycles. The van der Waals surface area contributed by atoms with Crippen molar-refractivity contribution < 1.29 is 4.74 Å². The second kappa shape index (κ2) is 15.7. The van der Waals surface area contributed by atoms with E-state index in [-0.39, 0.29) is 27.1 Å². The topological polar surface area (TPSA) is 33.5 Å². The molecule has 5 heteroatoms. The van der Waals surface area contributed by atoms with Gasteiger partial charge in [-0.2, -0.15) is 0 Å². The van der Waals surface area contributed by atoms with Crippen molar-refractivity contribution in [1.82, 2.24) is 9.55 Å². The van der Waals surface area contributed by atoms with Crippen molar-refractivity contribution in [3.05, 3.63) is 166 Å². The summed E-state index contributed by atoms with van der Waals surface area (Å²) in [6.45, 7) is 37.4. The highest BCUT2D eigenvalue weighted by molar-refractivity contribution is 6.11. The van der Waals surface area contributed by atoms with Crippen LogP contribution >= 0.6 is 0 Å². The van der Waals surface area contributed by atoms with Gasteiger partial charge >= 0.3 is 0 Å². The van der Waals surface area contributed by atoms with Crippen molar-refractivity contribution in [2.45, 2.75) is 138 Å². The van der Waals surface area contributed by atoms with Gasteiger partial charge in [-0.25, -0.2) is 4.98 Å². The molecule has 8 rings (SSSR count). The molecule has 0 radical (unpaired) electrons. The number of fused-ring (bicyclic) bond motifs is 3. The second-order valence-electron chi connectivity index (χ2n) is 22.9. The number of nitrogens with zero attached hydrogens (tertiary/aromatic N) is 4. The smallest absolute Gasteiger partial charge is 0.137 e. The van der Waals surface area contributed by atoms with Crippen molar-refractivity contribution in [2.75, 3.05) is 16.5 Å². The lowest BCUT2D eigenvalue weighted by atomic mass is 9.78. The van der Waals surface area contributed by atoms with Crippen LogP contribution in [0.3, 0.4) is 0 Å². The van der Waals surface area contributed by atoms with Crippen LogP contribution in [0.1, 0.15) is 144 Å². The monoisotopic (exact) mass is 851 g/mol. The minimum atomic E-state index is -0.305. The Morgan fingerprint density at radius 1 is 0.469 bits per heavy atom. The largest absolute Gasteiger partial charge is 0.457 e. The maximum atomic E-state index is 7.25. The van der Waals surface area contributed by atoms with Gasteiger partial charge in [0, 0.05) is 57.3 Å². The van der Waals surface area contributed by atoms with Gasteiger partial charge in [0.05, 0.1) is 17.7 Å². The van der Waals surface area contributed by atoms with Gasteiger partial charge in [-0.05, 0) is 117 Å². The predicted octanol–water partition coefficient (Wildman–Crippen LogP) is 16.0. The normalized spacial score (nSPS) is 14.4. The van der Waals surface area contributed by atoms with E-state index in [1.807, 2.05) is 6.20 Å². The third kappa shape index (κ3) is 8.35. The van der Waals surface area contributed by atoms with Crippen molar-refractivity contribution in [3.8, 4) is 17.3 Å². The zero-order valence-electron chi connectivity index (χ0n) is 41.5. The molecule has 0 bridgehead atoms. The fourth-order valence-corrected chi connectivity index (χ4v) is 9.22. The number of rotatable bonds is 7. The molecule has 64 heavy (non-hydrogen) atoms. The average Bonchev–Trinajstić information content (AvgIpc) is 3.72. The maximum absolute atomic E-state index is 7.25. The van der Waals surface area contributed by atoms with Gasteiger partial charge in [0.1, 0.15) is 17.3 Å². The van der Waals surface area contributed by atoms with Crippen molar-refractivity contribution >= 4 is 33.2 Å². The van der Waals surface area contributed by atoms with E-state index in [0.717, 1.165) is 34.0 Å². The minimum absolute atomic E-state index is 0.0168. The molecule has 0 saturated carbocycles. The van der Waals surface area contributed by atoms with E-state index in [1.54, 1.807) is 0 Å². The number of anilines is 2. The predicted molar refractivity (Wildman–Crippen MR) is 273 cm³/mol. The molecule has 0 fully saturated rings. The number of benzene rings is 5. The van der Waals surface area contributed by atoms with Gasteiger partial charge in [0.15, 0.2) is 0 Å². The number of para-hydroxylation sites is 1. The first kappa shape index (κ1) is 44.8. The van der Waals surface area contributed by atoms with E-state index >= 15 is 0 Å². The van der Waals surface area contributed by atoms with Gasteiger partial charge in [0.2, 0.25) is 0 Å². The molecule has 332 valence electrons. The number of aromatic nitrogens is 2. The summed E-state index contributed by atoms with van der Waals surface area (Å²) in [4.78, 5) is 9.95. The molecule has 0 atom stereocenters. The molecular weight excluding hydrogens is 781 g/mol. The Bertz CT molecular complexity index is 2890. The van der Waals surface area contributed by atoms with Gasteiger partial charge in [-0.15, -0.1) is 0 Å². The highest BCUT2D eigenvalue weighted by atomic mass is 16.5. The maximum Gasteiger partial charge on any atom is 0.137 e. The van der Waals surface area contributed by atoms with Crippen molar-refractivity contribution in [2.24, 2.45) is 0 Å². The molecule has 1 aliphatic heterocycles. The van der Waals surface area contributed by atoms with Crippen LogP contribution in [0.25, 0.3) is 27.6 Å². The standard InChI is InChI=1S/C59H70N4O/c1-38-39(2)62(37-61(38)45-29-42(56(6,7)8)28-43(30-45)57(9,10)11)46-31-44(59(15,16)40-22-18-17-19-23-40)32-47(34-46)64-48-35-50(58(12,13)14)54-49-24-20-21-25-51(49)63(52(54)36-48)53-33-41(26-27-60-53)55(3,4)5/h17-36H,37H2,1-16H3. The molecule has 0 unspecified atom stereocenters.